The van der Waals surface area contributed by atoms with Gasteiger partial charge in [0.25, 0.3) is 11.5 Å². The average molecular weight is 626 g/mol. The summed E-state index contributed by atoms with van der Waals surface area (Å²) in [6, 6.07) is 9.99. The number of carbonyl (C=O) groups is 1. The molecule has 226 valence electrons. The van der Waals surface area contributed by atoms with E-state index >= 15 is 0 Å². The number of halogens is 1. The number of aromatic nitrogens is 4. The summed E-state index contributed by atoms with van der Waals surface area (Å²) in [5.74, 6) is 0.298. The number of hydrogen-bond donors (Lipinski definition) is 3. The Bertz CT molecular complexity index is 1870. The fraction of sp³-hybridized carbons (Fsp3) is 0.345. The van der Waals surface area contributed by atoms with E-state index in [1.54, 1.807) is 19.3 Å². The number of hydrogen-bond acceptors (Lipinski definition) is 10. The molecule has 4 heterocycles. The predicted octanol–water partition coefficient (Wildman–Crippen LogP) is 3.18. The van der Waals surface area contributed by atoms with Crippen LogP contribution in [0.1, 0.15) is 47.4 Å². The molecule has 43 heavy (non-hydrogen) atoms. The molecule has 4 aromatic rings. The third-order valence-corrected chi connectivity index (χ3v) is 8.11. The van der Waals surface area contributed by atoms with Gasteiger partial charge in [0, 0.05) is 37.5 Å². The van der Waals surface area contributed by atoms with Crippen molar-refractivity contribution >= 4 is 49.9 Å². The lowest BCUT2D eigenvalue weighted by Crippen LogP contribution is -2.36. The number of carbonyl (C=O) groups excluding carboxylic acids is 1. The van der Waals surface area contributed by atoms with Crippen LogP contribution >= 0.6 is 11.6 Å². The minimum absolute atomic E-state index is 0.0187. The van der Waals surface area contributed by atoms with E-state index in [0.717, 1.165) is 17.6 Å². The summed E-state index contributed by atoms with van der Waals surface area (Å²) in [6.07, 6.45) is 3.66. The van der Waals surface area contributed by atoms with Crippen molar-refractivity contribution < 1.29 is 18.3 Å². The van der Waals surface area contributed by atoms with Gasteiger partial charge in [-0.1, -0.05) is 17.7 Å². The summed E-state index contributed by atoms with van der Waals surface area (Å²) in [6.45, 7) is 5.15. The lowest BCUT2D eigenvalue weighted by molar-refractivity contribution is 0.0977. The number of anilines is 2. The zero-order valence-corrected chi connectivity index (χ0v) is 25.7. The van der Waals surface area contributed by atoms with E-state index in [9.17, 15) is 23.1 Å². The maximum atomic E-state index is 13.6. The van der Waals surface area contributed by atoms with Crippen molar-refractivity contribution in [1.29, 1.82) is 0 Å². The van der Waals surface area contributed by atoms with Gasteiger partial charge in [-0.3, -0.25) is 14.2 Å². The summed E-state index contributed by atoms with van der Waals surface area (Å²) < 4.78 is 26.8. The van der Waals surface area contributed by atoms with Crippen LogP contribution in [-0.4, -0.2) is 64.4 Å². The number of benzene rings is 1. The highest BCUT2D eigenvalue weighted by Crippen LogP contribution is 2.30. The Morgan fingerprint density at radius 3 is 2.51 bits per heavy atom. The normalized spacial score (nSPS) is 15.0. The molecule has 1 aliphatic rings. The number of aliphatic hydroxyl groups excluding tert-OH is 1. The Labute approximate surface area is 253 Å². The van der Waals surface area contributed by atoms with Gasteiger partial charge in [-0.15, -0.1) is 0 Å². The fourth-order valence-electron chi connectivity index (χ4n) is 5.19. The number of piperidine rings is 1. The number of nitrogens with one attached hydrogen (secondary N) is 2. The first-order chi connectivity index (χ1) is 20.3. The van der Waals surface area contributed by atoms with Gasteiger partial charge in [-0.05, 0) is 62.6 Å². The molecule has 3 aromatic heterocycles. The monoisotopic (exact) mass is 625 g/mol. The van der Waals surface area contributed by atoms with Crippen molar-refractivity contribution in [2.24, 2.45) is 7.05 Å². The quantitative estimate of drug-likeness (QED) is 0.260. The summed E-state index contributed by atoms with van der Waals surface area (Å²) >= 11 is 6.02. The number of amides is 1. The van der Waals surface area contributed by atoms with Crippen molar-refractivity contribution in [1.82, 2.24) is 24.2 Å². The molecule has 0 saturated carbocycles. The van der Waals surface area contributed by atoms with Crippen molar-refractivity contribution in [2.45, 2.75) is 38.8 Å². The molecular weight excluding hydrogens is 594 g/mol. The highest BCUT2D eigenvalue weighted by molar-refractivity contribution is 7.89. The first-order valence-electron chi connectivity index (χ1n) is 13.7. The molecule has 5 rings (SSSR count). The van der Waals surface area contributed by atoms with E-state index in [1.165, 1.54) is 16.7 Å². The second kappa shape index (κ2) is 11.9. The molecule has 1 aliphatic heterocycles. The zero-order chi connectivity index (χ0) is 31.1. The first kappa shape index (κ1) is 30.4. The molecule has 1 saturated heterocycles. The minimum atomic E-state index is -3.84. The molecule has 0 aliphatic carbocycles. The third-order valence-electron chi connectivity index (χ3n) is 7.34. The number of sulfonamides is 1. The molecule has 1 fully saturated rings. The number of nitrogens with zero attached hydrogens (tertiary/aromatic N) is 5. The molecule has 1 aromatic carbocycles. The highest BCUT2D eigenvalue weighted by Gasteiger charge is 2.23. The maximum absolute atomic E-state index is 13.6. The molecular formula is C29H32ClN7O5S. The summed E-state index contributed by atoms with van der Waals surface area (Å²) in [7, 11) is -2.18. The van der Waals surface area contributed by atoms with Crippen LogP contribution in [0.2, 0.25) is 5.15 Å². The van der Waals surface area contributed by atoms with E-state index in [1.807, 2.05) is 36.8 Å². The van der Waals surface area contributed by atoms with Crippen LogP contribution in [-0.2, 0) is 17.1 Å². The summed E-state index contributed by atoms with van der Waals surface area (Å²) in [5.41, 5.74) is 2.49. The number of fused-ring (bicyclic) bond motifs is 1. The van der Waals surface area contributed by atoms with Crippen molar-refractivity contribution in [2.75, 3.05) is 29.6 Å². The molecule has 12 nitrogen and oxygen atoms in total. The average Bonchev–Trinajstić information content (AvgIpc) is 2.95. The predicted molar refractivity (Wildman–Crippen MR) is 166 cm³/mol. The SMILES string of the molecule is Cc1cc([C@@H](C)Nc2ccc(Cl)nc2C(=O)NS(C)(=O)=O)c2nc(-c3ccc(N4CCC(O)CC4)nc3)n(C)c(=O)c2c1. The van der Waals surface area contributed by atoms with E-state index in [2.05, 4.69) is 20.2 Å². The standard InChI is InChI=1S/C29H32ClN7O5S/c1-16-13-20(17(2)32-22-6-7-23(30)33-26(22)28(39)35-43(4,41)42)25-21(14-16)29(40)36(3)27(34-25)18-5-8-24(31-15-18)37-11-9-19(38)10-12-37/h5-8,13-15,17,19,32,38H,9-12H2,1-4H3,(H,35,39)/t17-/m1/s1. The number of pyridine rings is 2. The minimum Gasteiger partial charge on any atom is -0.393 e. The van der Waals surface area contributed by atoms with Gasteiger partial charge in [-0.25, -0.2) is 28.1 Å². The second-order valence-corrected chi connectivity index (χ2v) is 12.9. The van der Waals surface area contributed by atoms with Crippen LogP contribution in [0.15, 0.2) is 47.4 Å². The zero-order valence-electron chi connectivity index (χ0n) is 24.1. The highest BCUT2D eigenvalue weighted by atomic mass is 35.5. The van der Waals surface area contributed by atoms with Crippen LogP contribution in [0.25, 0.3) is 22.3 Å². The van der Waals surface area contributed by atoms with E-state index in [4.69, 9.17) is 16.6 Å². The van der Waals surface area contributed by atoms with Gasteiger partial charge in [0.1, 0.15) is 16.8 Å². The molecule has 1 amide bonds. The van der Waals surface area contributed by atoms with Crippen molar-refractivity contribution in [3.05, 3.63) is 74.9 Å². The topological polar surface area (TPSA) is 159 Å². The molecule has 14 heteroatoms. The maximum Gasteiger partial charge on any atom is 0.285 e. The largest absolute Gasteiger partial charge is 0.393 e. The van der Waals surface area contributed by atoms with Crippen LogP contribution < -0.4 is 20.5 Å². The Balaban J connectivity index is 1.53. The third kappa shape index (κ3) is 6.63. The molecule has 0 bridgehead atoms. The Hall–Kier alpha value is -4.07. The Morgan fingerprint density at radius 2 is 1.86 bits per heavy atom. The first-order valence-corrected chi connectivity index (χ1v) is 15.9. The van der Waals surface area contributed by atoms with Crippen LogP contribution in [0.3, 0.4) is 0 Å². The van der Waals surface area contributed by atoms with Crippen molar-refractivity contribution in [3.63, 3.8) is 0 Å². The molecule has 0 unspecified atom stereocenters. The van der Waals surface area contributed by atoms with E-state index < -0.39 is 22.0 Å². The van der Waals surface area contributed by atoms with Gasteiger partial charge >= 0.3 is 0 Å². The summed E-state index contributed by atoms with van der Waals surface area (Å²) in [4.78, 5) is 42.0. The van der Waals surface area contributed by atoms with Gasteiger partial charge < -0.3 is 15.3 Å². The van der Waals surface area contributed by atoms with Crippen LogP contribution in [0.5, 0.6) is 0 Å². The molecule has 0 spiro atoms. The number of aryl methyl sites for hydroxylation is 1. The van der Waals surface area contributed by atoms with Gasteiger partial charge in [0.05, 0.1) is 35.0 Å². The van der Waals surface area contributed by atoms with E-state index in [-0.39, 0.29) is 28.2 Å². The smallest absolute Gasteiger partial charge is 0.285 e. The fourth-order valence-corrected chi connectivity index (χ4v) is 5.77. The van der Waals surface area contributed by atoms with Gasteiger partial charge in [0.2, 0.25) is 10.0 Å². The Kier molecular flexibility index (Phi) is 8.41. The van der Waals surface area contributed by atoms with Gasteiger partial charge in [0.15, 0.2) is 5.69 Å². The van der Waals surface area contributed by atoms with E-state index in [0.29, 0.717) is 53.8 Å². The lowest BCUT2D eigenvalue weighted by Gasteiger charge is -2.30. The number of rotatable bonds is 7. The molecule has 0 radical (unpaired) electrons. The second-order valence-electron chi connectivity index (χ2n) is 10.8. The lowest BCUT2D eigenvalue weighted by atomic mass is 10.0. The summed E-state index contributed by atoms with van der Waals surface area (Å²) in [5, 5.41) is 13.5. The molecule has 3 N–H and O–H groups in total. The van der Waals surface area contributed by atoms with Crippen LogP contribution in [0.4, 0.5) is 11.5 Å². The molecule has 1 atom stereocenters. The number of aliphatic hydroxyl groups is 1. The van der Waals surface area contributed by atoms with Crippen molar-refractivity contribution in [3.8, 4) is 11.4 Å². The van der Waals surface area contributed by atoms with Crippen LogP contribution in [0, 0.1) is 6.92 Å². The van der Waals surface area contributed by atoms with Gasteiger partial charge in [-0.2, -0.15) is 0 Å². The Morgan fingerprint density at radius 1 is 1.14 bits per heavy atom.